The van der Waals surface area contributed by atoms with Crippen LogP contribution in [0.5, 0.6) is 0 Å². The van der Waals surface area contributed by atoms with Gasteiger partial charge in [0, 0.05) is 50.4 Å². The number of nitrogens with zero attached hydrogens (tertiary/aromatic N) is 1. The normalized spacial score (nSPS) is 28.8. The first-order valence-electron chi connectivity index (χ1n) is 16.2. The predicted octanol–water partition coefficient (Wildman–Crippen LogP) is 3.04. The van der Waals surface area contributed by atoms with E-state index >= 15 is 0 Å². The van der Waals surface area contributed by atoms with Crippen LogP contribution in [0.3, 0.4) is 0 Å². The molecule has 1 aliphatic carbocycles. The number of fused-ring (bicyclic) bond motifs is 2. The lowest BCUT2D eigenvalue weighted by Gasteiger charge is -2.33. The number of nitrogens with one attached hydrogen (secondary N) is 2. The van der Waals surface area contributed by atoms with Gasteiger partial charge in [-0.1, -0.05) is 44.2 Å². The summed E-state index contributed by atoms with van der Waals surface area (Å²) in [5, 5.41) is 5.57. The van der Waals surface area contributed by atoms with Gasteiger partial charge >= 0.3 is 12.1 Å². The number of carbonyl (C=O) groups excluding carboxylic acids is 5. The van der Waals surface area contributed by atoms with Crippen molar-refractivity contribution in [2.24, 2.45) is 17.6 Å². The summed E-state index contributed by atoms with van der Waals surface area (Å²) >= 11 is 0. The molecule has 0 spiro atoms. The highest BCUT2D eigenvalue weighted by Gasteiger charge is 2.35. The number of hydrogen-bond acceptors (Lipinski definition) is 11. The molecular weight excluding hydrogens is 632 g/mol. The molecule has 0 aromatic heterocycles. The van der Waals surface area contributed by atoms with E-state index in [4.69, 9.17) is 24.7 Å². The largest absolute Gasteiger partial charge is 0.459 e. The average molecular weight is 685 g/mol. The first-order chi connectivity index (χ1) is 23.1. The molecule has 13 nitrogen and oxygen atoms in total. The standard InChI is InChI=1S/C36H52N4O9/c1-10-15-38-31-25-17-21(2)18-29(47-9)34(48-30(42)14-16-40(6)7)24(5)19-23(4)33(49-36(37)45)28(46-8)13-11-12-22(3)35(44)39-26(32(25)43)20-27(31)41/h10-13,19-21,24,28-29,33-34,38H,1,14-18H2,2-9H3,(H2,37,45)(H,39,44)/b13-11-,22-12+,23-19+/t21-,24-,28-,29-,33-,34+/m1/s1. The molecule has 0 saturated heterocycles. The Kier molecular flexibility index (Phi) is 16.3. The molecule has 2 amide bonds. The van der Waals surface area contributed by atoms with Crippen LogP contribution in [0.1, 0.15) is 47.0 Å². The monoisotopic (exact) mass is 684 g/mol. The van der Waals surface area contributed by atoms with E-state index in [9.17, 15) is 24.0 Å². The minimum atomic E-state index is -1.02. The molecule has 2 rings (SSSR count). The average Bonchev–Trinajstić information content (AvgIpc) is 3.03. The summed E-state index contributed by atoms with van der Waals surface area (Å²) in [5.41, 5.74) is 6.44. The van der Waals surface area contributed by atoms with Crippen molar-refractivity contribution >= 4 is 29.5 Å². The van der Waals surface area contributed by atoms with Gasteiger partial charge in [0.2, 0.25) is 11.6 Å². The first kappa shape index (κ1) is 40.8. The van der Waals surface area contributed by atoms with Gasteiger partial charge in [-0.15, -0.1) is 6.58 Å². The van der Waals surface area contributed by atoms with Gasteiger partial charge in [0.1, 0.15) is 12.2 Å². The highest BCUT2D eigenvalue weighted by Crippen LogP contribution is 2.30. The smallest absolute Gasteiger partial charge is 0.405 e. The second-order valence-electron chi connectivity index (χ2n) is 12.6. The number of amides is 2. The molecule has 0 radical (unpaired) electrons. The van der Waals surface area contributed by atoms with E-state index in [-0.39, 0.29) is 47.8 Å². The van der Waals surface area contributed by atoms with Crippen molar-refractivity contribution in [1.29, 1.82) is 0 Å². The quantitative estimate of drug-likeness (QED) is 0.175. The summed E-state index contributed by atoms with van der Waals surface area (Å²) in [4.78, 5) is 67.1. The number of Topliss-reactive ketones (excluding diaryl/α,β-unsaturated/α-hetero) is 1. The number of carbonyl (C=O) groups is 5. The fraction of sp³-hybridized carbons (Fsp3) is 0.528. The summed E-state index contributed by atoms with van der Waals surface area (Å²) in [5.74, 6) is -2.68. The zero-order valence-electron chi connectivity index (χ0n) is 29.9. The molecule has 49 heavy (non-hydrogen) atoms. The van der Waals surface area contributed by atoms with Crippen LogP contribution in [0, 0.1) is 11.8 Å². The fourth-order valence-corrected chi connectivity index (χ4v) is 5.65. The van der Waals surface area contributed by atoms with E-state index in [0.717, 1.165) is 6.08 Å². The molecule has 0 unspecified atom stereocenters. The molecule has 2 bridgehead atoms. The molecule has 0 fully saturated rings. The number of rotatable bonds is 10. The zero-order chi connectivity index (χ0) is 36.8. The summed E-state index contributed by atoms with van der Waals surface area (Å²) in [6.07, 6.45) is 5.52. The van der Waals surface area contributed by atoms with Crippen LogP contribution in [-0.4, -0.2) is 100 Å². The molecule has 4 N–H and O–H groups in total. The van der Waals surface area contributed by atoms with Crippen LogP contribution in [-0.2, 0) is 38.1 Å². The molecule has 6 atom stereocenters. The summed E-state index contributed by atoms with van der Waals surface area (Å²) < 4.78 is 23.1. The maximum absolute atomic E-state index is 13.8. The van der Waals surface area contributed by atoms with Crippen molar-refractivity contribution < 1.29 is 42.9 Å². The Balaban J connectivity index is 2.73. The van der Waals surface area contributed by atoms with E-state index in [1.807, 2.05) is 38.9 Å². The predicted molar refractivity (Wildman–Crippen MR) is 185 cm³/mol. The Morgan fingerprint density at radius 2 is 1.82 bits per heavy atom. The molecule has 270 valence electrons. The van der Waals surface area contributed by atoms with Crippen LogP contribution in [0.25, 0.3) is 0 Å². The number of methoxy groups -OCH3 is 2. The summed E-state index contributed by atoms with van der Waals surface area (Å²) in [6, 6.07) is 0. The number of ketones is 2. The third-order valence-electron chi connectivity index (χ3n) is 8.21. The second kappa shape index (κ2) is 19.6. The fourth-order valence-electron chi connectivity index (χ4n) is 5.65. The first-order valence-corrected chi connectivity index (χ1v) is 16.2. The SMILES string of the molecule is C=CCNC1=C2C[C@@H](C)C[C@@H](OC)[C@@H](OC(=O)CCN(C)C)[C@H](C)/C=C(\C)[C@@H](OC(N)=O)[C@H](OC)/C=C\C=C(/C)C(=O)NC(=CC1=O)C2=O. The van der Waals surface area contributed by atoms with Crippen molar-refractivity contribution in [1.82, 2.24) is 15.5 Å². The zero-order valence-corrected chi connectivity index (χ0v) is 29.9. The lowest BCUT2D eigenvalue weighted by atomic mass is 9.85. The van der Waals surface area contributed by atoms with Crippen molar-refractivity contribution in [2.45, 2.75) is 71.4 Å². The molecule has 0 saturated carbocycles. The number of ether oxygens (including phenoxy) is 4. The van der Waals surface area contributed by atoms with Crippen molar-refractivity contribution in [3.63, 3.8) is 0 Å². The topological polar surface area (TPSA) is 176 Å². The number of primary amides is 1. The number of allylic oxidation sites excluding steroid dienone is 4. The second-order valence-corrected chi connectivity index (χ2v) is 12.6. The van der Waals surface area contributed by atoms with Gasteiger partial charge in [-0.25, -0.2) is 4.79 Å². The van der Waals surface area contributed by atoms with E-state index in [1.165, 1.54) is 20.3 Å². The molecule has 1 aliphatic heterocycles. The van der Waals surface area contributed by atoms with Gasteiger partial charge in [-0.05, 0) is 52.3 Å². The van der Waals surface area contributed by atoms with Crippen LogP contribution in [0.15, 0.2) is 71.1 Å². The number of esters is 1. The van der Waals surface area contributed by atoms with Gasteiger partial charge in [0.15, 0.2) is 6.10 Å². The Hall–Kier alpha value is -4.33. The summed E-state index contributed by atoms with van der Waals surface area (Å²) in [7, 11) is 6.65. The molecule has 0 aromatic rings. The van der Waals surface area contributed by atoms with Crippen molar-refractivity contribution in [2.75, 3.05) is 41.4 Å². The van der Waals surface area contributed by atoms with Crippen LogP contribution in [0.2, 0.25) is 0 Å². The highest BCUT2D eigenvalue weighted by atomic mass is 16.6. The number of nitrogens with two attached hydrogens (primary N) is 1. The highest BCUT2D eigenvalue weighted by molar-refractivity contribution is 6.23. The number of hydrogen-bond donors (Lipinski definition) is 3. The van der Waals surface area contributed by atoms with Crippen LogP contribution >= 0.6 is 0 Å². The molecule has 13 heteroatoms. The Morgan fingerprint density at radius 1 is 1.12 bits per heavy atom. The summed E-state index contributed by atoms with van der Waals surface area (Å²) in [6.45, 7) is 11.5. The van der Waals surface area contributed by atoms with Gasteiger partial charge in [0.25, 0.3) is 5.91 Å². The molecule has 1 heterocycles. The lowest BCUT2D eigenvalue weighted by Crippen LogP contribution is -2.40. The minimum Gasteiger partial charge on any atom is -0.459 e. The molecule has 2 aliphatic rings. The van der Waals surface area contributed by atoms with E-state index in [0.29, 0.717) is 18.5 Å². The maximum atomic E-state index is 13.8. The molecular formula is C36H52N4O9. The van der Waals surface area contributed by atoms with Crippen molar-refractivity contribution in [3.05, 3.63) is 71.1 Å². The van der Waals surface area contributed by atoms with Gasteiger partial charge in [-0.3, -0.25) is 19.2 Å². The van der Waals surface area contributed by atoms with E-state index in [2.05, 4.69) is 17.2 Å². The Morgan fingerprint density at radius 3 is 2.41 bits per heavy atom. The van der Waals surface area contributed by atoms with E-state index in [1.54, 1.807) is 32.1 Å². The Labute approximate surface area is 289 Å². The lowest BCUT2D eigenvalue weighted by molar-refractivity contribution is -0.160. The minimum absolute atomic E-state index is 0.134. The van der Waals surface area contributed by atoms with Crippen LogP contribution in [0.4, 0.5) is 4.79 Å². The van der Waals surface area contributed by atoms with Gasteiger partial charge in [0.05, 0.1) is 23.9 Å². The third kappa shape index (κ3) is 12.3. The van der Waals surface area contributed by atoms with Crippen molar-refractivity contribution in [3.8, 4) is 0 Å². The maximum Gasteiger partial charge on any atom is 0.405 e. The third-order valence-corrected chi connectivity index (χ3v) is 8.21. The Bertz CT molecular complexity index is 1410. The van der Waals surface area contributed by atoms with Gasteiger partial charge in [-0.2, -0.15) is 0 Å². The van der Waals surface area contributed by atoms with Gasteiger partial charge < -0.3 is 40.2 Å². The van der Waals surface area contributed by atoms with Crippen LogP contribution < -0.4 is 16.4 Å². The molecule has 0 aromatic carbocycles. The van der Waals surface area contributed by atoms with E-state index < -0.39 is 59.9 Å².